The first-order valence-corrected chi connectivity index (χ1v) is 6.46. The zero-order valence-corrected chi connectivity index (χ0v) is 11.4. The van der Waals surface area contributed by atoms with E-state index in [9.17, 15) is 5.11 Å². The van der Waals surface area contributed by atoms with Crippen molar-refractivity contribution in [1.29, 1.82) is 0 Å². The van der Waals surface area contributed by atoms with Gasteiger partial charge in [-0.3, -0.25) is 4.98 Å². The van der Waals surface area contributed by atoms with Crippen LogP contribution in [0.4, 0.5) is 0 Å². The van der Waals surface area contributed by atoms with Crippen molar-refractivity contribution >= 4 is 0 Å². The molecule has 0 spiro atoms. The van der Waals surface area contributed by atoms with Crippen LogP contribution in [0.2, 0.25) is 0 Å². The standard InChI is InChI=1S/C14H23NO3/c1-4-7-18-13-8-12(9-15-10-13)14(16)6-5-11(2)17-3/h8-11,14,16H,4-7H2,1-3H3. The van der Waals surface area contributed by atoms with Gasteiger partial charge in [-0.25, -0.2) is 0 Å². The van der Waals surface area contributed by atoms with Gasteiger partial charge in [-0.1, -0.05) is 6.92 Å². The van der Waals surface area contributed by atoms with E-state index in [0.29, 0.717) is 18.8 Å². The average Bonchev–Trinajstić information content (AvgIpc) is 2.42. The Labute approximate surface area is 109 Å². The van der Waals surface area contributed by atoms with Crippen molar-refractivity contribution in [2.75, 3.05) is 13.7 Å². The van der Waals surface area contributed by atoms with Gasteiger partial charge in [-0.05, 0) is 32.3 Å². The molecular weight excluding hydrogens is 230 g/mol. The third kappa shape index (κ3) is 5.02. The van der Waals surface area contributed by atoms with Crippen molar-refractivity contribution in [2.45, 2.75) is 45.3 Å². The van der Waals surface area contributed by atoms with Gasteiger partial charge >= 0.3 is 0 Å². The Morgan fingerprint density at radius 1 is 1.33 bits per heavy atom. The predicted octanol–water partition coefficient (Wildman–Crippen LogP) is 2.72. The van der Waals surface area contributed by atoms with Gasteiger partial charge < -0.3 is 14.6 Å². The minimum Gasteiger partial charge on any atom is -0.492 e. The molecule has 4 nitrogen and oxygen atoms in total. The van der Waals surface area contributed by atoms with Crippen molar-refractivity contribution in [1.82, 2.24) is 4.98 Å². The highest BCUT2D eigenvalue weighted by atomic mass is 16.5. The Morgan fingerprint density at radius 2 is 2.11 bits per heavy atom. The maximum atomic E-state index is 10.1. The molecule has 0 aliphatic carbocycles. The van der Waals surface area contributed by atoms with Gasteiger partial charge in [0.1, 0.15) is 5.75 Å². The molecule has 2 unspecified atom stereocenters. The van der Waals surface area contributed by atoms with Gasteiger partial charge in [-0.15, -0.1) is 0 Å². The number of hydrogen-bond donors (Lipinski definition) is 1. The lowest BCUT2D eigenvalue weighted by atomic mass is 10.0. The number of aliphatic hydroxyl groups excluding tert-OH is 1. The van der Waals surface area contributed by atoms with E-state index in [2.05, 4.69) is 11.9 Å². The molecule has 0 saturated heterocycles. The number of hydrogen-bond acceptors (Lipinski definition) is 4. The van der Waals surface area contributed by atoms with E-state index in [1.165, 1.54) is 0 Å². The summed E-state index contributed by atoms with van der Waals surface area (Å²) in [6, 6.07) is 1.85. The molecule has 1 aromatic rings. The first kappa shape index (κ1) is 14.9. The van der Waals surface area contributed by atoms with Gasteiger partial charge in [-0.2, -0.15) is 0 Å². The smallest absolute Gasteiger partial charge is 0.137 e. The van der Waals surface area contributed by atoms with E-state index in [4.69, 9.17) is 9.47 Å². The Kier molecular flexibility index (Phi) is 6.68. The molecule has 0 amide bonds. The molecule has 0 aliphatic heterocycles. The van der Waals surface area contributed by atoms with Crippen LogP contribution in [0.25, 0.3) is 0 Å². The van der Waals surface area contributed by atoms with Crippen LogP contribution < -0.4 is 4.74 Å². The van der Waals surface area contributed by atoms with Crippen LogP contribution in [-0.2, 0) is 4.74 Å². The monoisotopic (exact) mass is 253 g/mol. The van der Waals surface area contributed by atoms with Gasteiger partial charge in [0.05, 0.1) is 25.0 Å². The number of aromatic nitrogens is 1. The number of nitrogens with zero attached hydrogens (tertiary/aromatic N) is 1. The highest BCUT2D eigenvalue weighted by Crippen LogP contribution is 2.22. The molecule has 1 rings (SSSR count). The molecule has 1 heterocycles. The molecule has 0 fully saturated rings. The van der Waals surface area contributed by atoms with Gasteiger partial charge in [0, 0.05) is 18.9 Å². The van der Waals surface area contributed by atoms with E-state index in [1.807, 2.05) is 13.0 Å². The van der Waals surface area contributed by atoms with E-state index < -0.39 is 6.10 Å². The quantitative estimate of drug-likeness (QED) is 0.774. The number of methoxy groups -OCH3 is 1. The van der Waals surface area contributed by atoms with E-state index >= 15 is 0 Å². The summed E-state index contributed by atoms with van der Waals surface area (Å²) in [5.41, 5.74) is 0.798. The van der Waals surface area contributed by atoms with E-state index in [1.54, 1.807) is 19.5 Å². The van der Waals surface area contributed by atoms with Crippen LogP contribution in [-0.4, -0.2) is 29.9 Å². The number of ether oxygens (including phenoxy) is 2. The Morgan fingerprint density at radius 3 is 2.78 bits per heavy atom. The molecule has 2 atom stereocenters. The van der Waals surface area contributed by atoms with Crippen LogP contribution in [0.5, 0.6) is 5.75 Å². The van der Waals surface area contributed by atoms with E-state index in [0.717, 1.165) is 18.4 Å². The largest absolute Gasteiger partial charge is 0.492 e. The predicted molar refractivity (Wildman–Crippen MR) is 70.7 cm³/mol. The fourth-order valence-electron chi connectivity index (χ4n) is 1.59. The van der Waals surface area contributed by atoms with Crippen LogP contribution in [0.3, 0.4) is 0 Å². The summed E-state index contributed by atoms with van der Waals surface area (Å²) in [4.78, 5) is 4.09. The van der Waals surface area contributed by atoms with Crippen LogP contribution in [0, 0.1) is 0 Å². The maximum Gasteiger partial charge on any atom is 0.137 e. The summed E-state index contributed by atoms with van der Waals surface area (Å²) >= 11 is 0. The minimum absolute atomic E-state index is 0.159. The molecule has 1 N–H and O–H groups in total. The Balaban J connectivity index is 2.53. The highest BCUT2D eigenvalue weighted by molar-refractivity contribution is 5.25. The van der Waals surface area contributed by atoms with E-state index in [-0.39, 0.29) is 6.10 Å². The van der Waals surface area contributed by atoms with Crippen LogP contribution >= 0.6 is 0 Å². The summed E-state index contributed by atoms with van der Waals surface area (Å²) in [6.45, 7) is 4.71. The molecule has 1 aromatic heterocycles. The molecule has 0 bridgehead atoms. The normalized spacial score (nSPS) is 14.2. The fraction of sp³-hybridized carbons (Fsp3) is 0.643. The molecule has 0 aromatic carbocycles. The van der Waals surface area contributed by atoms with Crippen molar-refractivity contribution in [3.05, 3.63) is 24.0 Å². The number of aliphatic hydroxyl groups is 1. The van der Waals surface area contributed by atoms with Gasteiger partial charge in [0.2, 0.25) is 0 Å². The highest BCUT2D eigenvalue weighted by Gasteiger charge is 2.11. The topological polar surface area (TPSA) is 51.6 Å². The third-order valence-corrected chi connectivity index (χ3v) is 2.84. The molecule has 4 heteroatoms. The maximum absolute atomic E-state index is 10.1. The molecule has 0 saturated carbocycles. The van der Waals surface area contributed by atoms with Crippen molar-refractivity contribution in [2.24, 2.45) is 0 Å². The van der Waals surface area contributed by atoms with Crippen molar-refractivity contribution in [3.8, 4) is 5.75 Å². The first-order valence-electron chi connectivity index (χ1n) is 6.46. The third-order valence-electron chi connectivity index (χ3n) is 2.84. The number of rotatable bonds is 8. The first-order chi connectivity index (χ1) is 8.67. The lowest BCUT2D eigenvalue weighted by Crippen LogP contribution is -2.08. The lowest BCUT2D eigenvalue weighted by Gasteiger charge is -2.14. The summed E-state index contributed by atoms with van der Waals surface area (Å²) < 4.78 is 10.7. The van der Waals surface area contributed by atoms with Crippen LogP contribution in [0.1, 0.15) is 44.8 Å². The summed E-state index contributed by atoms with van der Waals surface area (Å²) in [5, 5.41) is 10.1. The van der Waals surface area contributed by atoms with Gasteiger partial charge in [0.25, 0.3) is 0 Å². The zero-order valence-electron chi connectivity index (χ0n) is 11.4. The second kappa shape index (κ2) is 8.06. The average molecular weight is 253 g/mol. The molecular formula is C14H23NO3. The Bertz CT molecular complexity index is 344. The number of pyridine rings is 1. The van der Waals surface area contributed by atoms with Crippen molar-refractivity contribution in [3.63, 3.8) is 0 Å². The molecule has 0 aliphatic rings. The SMILES string of the molecule is CCCOc1cncc(C(O)CCC(C)OC)c1. The zero-order chi connectivity index (χ0) is 13.4. The second-order valence-electron chi connectivity index (χ2n) is 4.44. The second-order valence-corrected chi connectivity index (χ2v) is 4.44. The van der Waals surface area contributed by atoms with Crippen molar-refractivity contribution < 1.29 is 14.6 Å². The lowest BCUT2D eigenvalue weighted by molar-refractivity contribution is 0.0849. The Hall–Kier alpha value is -1.13. The molecule has 102 valence electrons. The minimum atomic E-state index is -0.514. The van der Waals surface area contributed by atoms with Crippen LogP contribution in [0.15, 0.2) is 18.5 Å². The fourth-order valence-corrected chi connectivity index (χ4v) is 1.59. The van der Waals surface area contributed by atoms with Gasteiger partial charge in [0.15, 0.2) is 0 Å². The summed E-state index contributed by atoms with van der Waals surface area (Å²) in [7, 11) is 1.68. The summed E-state index contributed by atoms with van der Waals surface area (Å²) in [6.07, 6.45) is 5.43. The molecule has 0 radical (unpaired) electrons. The summed E-state index contributed by atoms with van der Waals surface area (Å²) in [5.74, 6) is 0.716. The molecule has 18 heavy (non-hydrogen) atoms.